The van der Waals surface area contributed by atoms with Crippen LogP contribution in [0.1, 0.15) is 55.6 Å². The second-order valence-electron chi connectivity index (χ2n) is 5.49. The summed E-state index contributed by atoms with van der Waals surface area (Å²) < 4.78 is 12.0. The smallest absolute Gasteiger partial charge is 0.270 e. The minimum Gasteiger partial charge on any atom is -0.348 e. The molecule has 1 aliphatic carbocycles. The zero-order valence-electron chi connectivity index (χ0n) is 12.8. The van der Waals surface area contributed by atoms with Gasteiger partial charge in [0.25, 0.3) is 5.91 Å². The van der Waals surface area contributed by atoms with Crippen LogP contribution in [0, 0.1) is 0 Å². The molecule has 1 aromatic heterocycles. The Hall–Kier alpha value is -1.23. The van der Waals surface area contributed by atoms with E-state index >= 15 is 0 Å². The fourth-order valence-corrected chi connectivity index (χ4v) is 4.28. The molecule has 1 heterocycles. The quantitative estimate of drug-likeness (QED) is 0.909. The van der Waals surface area contributed by atoms with Crippen molar-refractivity contribution in [3.05, 3.63) is 29.6 Å². The van der Waals surface area contributed by atoms with E-state index in [0.29, 0.717) is 11.4 Å². The van der Waals surface area contributed by atoms with Gasteiger partial charge in [-0.1, -0.05) is 26.3 Å². The summed E-state index contributed by atoms with van der Waals surface area (Å²) in [5.74, 6) is 0.603. The monoisotopic (exact) mass is 308 g/mol. The fraction of sp³-hybridized carbons (Fsp3) is 0.625. The van der Waals surface area contributed by atoms with Crippen LogP contribution in [0.2, 0.25) is 0 Å². The second-order valence-corrected chi connectivity index (χ2v) is 7.50. The Balaban J connectivity index is 2.00. The molecule has 1 aromatic rings. The fourth-order valence-electron chi connectivity index (χ4n) is 2.93. The van der Waals surface area contributed by atoms with Gasteiger partial charge in [-0.25, -0.2) is 0 Å². The molecular weight excluding hydrogens is 284 g/mol. The number of aryl methyl sites for hydroxylation is 1. The van der Waals surface area contributed by atoms with Crippen LogP contribution in [0.4, 0.5) is 0 Å². The van der Waals surface area contributed by atoms with Gasteiger partial charge in [0.1, 0.15) is 5.69 Å². The highest BCUT2D eigenvalue weighted by molar-refractivity contribution is 7.85. The van der Waals surface area contributed by atoms with Crippen molar-refractivity contribution in [1.29, 1.82) is 0 Å². The van der Waals surface area contributed by atoms with Gasteiger partial charge < -0.3 is 5.32 Å². The number of carbonyl (C=O) groups is 1. The molecule has 3 unspecified atom stereocenters. The summed E-state index contributed by atoms with van der Waals surface area (Å²) >= 11 is 0. The largest absolute Gasteiger partial charge is 0.348 e. The molecule has 0 bridgehead atoms. The molecular formula is C16H24N2O2S. The molecule has 0 aliphatic heterocycles. The lowest BCUT2D eigenvalue weighted by molar-refractivity contribution is 0.0922. The van der Waals surface area contributed by atoms with E-state index in [1.807, 2.05) is 26.0 Å². The minimum atomic E-state index is -0.766. The van der Waals surface area contributed by atoms with Crippen molar-refractivity contribution in [2.75, 3.05) is 5.75 Å². The lowest BCUT2D eigenvalue weighted by Crippen LogP contribution is -2.41. The van der Waals surface area contributed by atoms with E-state index in [9.17, 15) is 9.00 Å². The molecule has 1 fully saturated rings. The summed E-state index contributed by atoms with van der Waals surface area (Å²) in [7, 11) is -0.766. The predicted octanol–water partition coefficient (Wildman–Crippen LogP) is 2.45. The highest BCUT2D eigenvalue weighted by Crippen LogP contribution is 2.23. The Morgan fingerprint density at radius 3 is 2.95 bits per heavy atom. The van der Waals surface area contributed by atoms with Crippen molar-refractivity contribution in [2.24, 2.45) is 0 Å². The third-order valence-corrected chi connectivity index (χ3v) is 5.85. The van der Waals surface area contributed by atoms with Crippen molar-refractivity contribution in [3.63, 3.8) is 0 Å². The molecule has 1 aliphatic rings. The third-order valence-electron chi connectivity index (χ3n) is 4.10. The van der Waals surface area contributed by atoms with E-state index in [2.05, 4.69) is 10.3 Å². The topological polar surface area (TPSA) is 59.1 Å². The lowest BCUT2D eigenvalue weighted by atomic mass is 9.94. The molecule has 0 saturated heterocycles. The van der Waals surface area contributed by atoms with E-state index in [0.717, 1.165) is 37.7 Å². The van der Waals surface area contributed by atoms with Crippen molar-refractivity contribution >= 4 is 16.7 Å². The van der Waals surface area contributed by atoms with E-state index in [-0.39, 0.29) is 17.2 Å². The molecule has 0 aromatic carbocycles. The second kappa shape index (κ2) is 7.69. The molecule has 21 heavy (non-hydrogen) atoms. The van der Waals surface area contributed by atoms with E-state index in [1.54, 1.807) is 6.20 Å². The average Bonchev–Trinajstić information content (AvgIpc) is 2.54. The number of hydrogen-bond donors (Lipinski definition) is 1. The molecule has 1 amide bonds. The van der Waals surface area contributed by atoms with Crippen molar-refractivity contribution in [3.8, 4) is 0 Å². The van der Waals surface area contributed by atoms with Crippen molar-refractivity contribution in [1.82, 2.24) is 10.3 Å². The molecule has 5 heteroatoms. The molecule has 0 spiro atoms. The number of amides is 1. The number of rotatable bonds is 5. The first kappa shape index (κ1) is 16.1. The van der Waals surface area contributed by atoms with Gasteiger partial charge in [0.2, 0.25) is 0 Å². The molecule has 0 radical (unpaired) electrons. The lowest BCUT2D eigenvalue weighted by Gasteiger charge is -2.29. The van der Waals surface area contributed by atoms with Crippen LogP contribution in [-0.4, -0.2) is 32.1 Å². The molecule has 4 nitrogen and oxygen atoms in total. The Morgan fingerprint density at radius 1 is 1.43 bits per heavy atom. The minimum absolute atomic E-state index is 0.0969. The highest BCUT2D eigenvalue weighted by atomic mass is 32.2. The van der Waals surface area contributed by atoms with Gasteiger partial charge in [-0.05, 0) is 37.3 Å². The summed E-state index contributed by atoms with van der Waals surface area (Å²) in [5.41, 5.74) is 1.50. The predicted molar refractivity (Wildman–Crippen MR) is 85.8 cm³/mol. The number of aromatic nitrogens is 1. The first-order chi connectivity index (χ1) is 10.2. The first-order valence-corrected chi connectivity index (χ1v) is 9.15. The van der Waals surface area contributed by atoms with E-state index in [4.69, 9.17) is 0 Å². The number of nitrogens with zero attached hydrogens (tertiary/aromatic N) is 1. The van der Waals surface area contributed by atoms with Gasteiger partial charge in [-0.2, -0.15) is 0 Å². The Kier molecular flexibility index (Phi) is 5.91. The van der Waals surface area contributed by atoms with Crippen LogP contribution in [0.25, 0.3) is 0 Å². The highest BCUT2D eigenvalue weighted by Gasteiger charge is 2.27. The standard InChI is InChI=1S/C16H24N2O2S/c1-3-12-7-6-10-17-15(12)16(19)18-13-8-5-9-14(11-13)21(20)4-2/h6-7,10,13-14H,3-5,8-9,11H2,1-2H3,(H,18,19). The molecule has 1 N–H and O–H groups in total. The van der Waals surface area contributed by atoms with E-state index < -0.39 is 10.8 Å². The molecule has 1 saturated carbocycles. The normalized spacial score (nSPS) is 23.5. The van der Waals surface area contributed by atoms with E-state index in [1.165, 1.54) is 0 Å². The maximum absolute atomic E-state index is 12.4. The van der Waals surface area contributed by atoms with Crippen LogP contribution < -0.4 is 5.32 Å². The van der Waals surface area contributed by atoms with Crippen molar-refractivity contribution in [2.45, 2.75) is 57.2 Å². The van der Waals surface area contributed by atoms with Gasteiger partial charge in [0, 0.05) is 34.0 Å². The zero-order valence-corrected chi connectivity index (χ0v) is 13.6. The van der Waals surface area contributed by atoms with Crippen LogP contribution in [-0.2, 0) is 17.2 Å². The summed E-state index contributed by atoms with van der Waals surface area (Å²) in [5, 5.41) is 3.31. The third kappa shape index (κ3) is 4.13. The van der Waals surface area contributed by atoms with Gasteiger partial charge in [-0.15, -0.1) is 0 Å². The number of pyridine rings is 1. The number of nitrogens with one attached hydrogen (secondary N) is 1. The summed E-state index contributed by atoms with van der Waals surface area (Å²) in [6.07, 6.45) is 6.28. The maximum atomic E-state index is 12.4. The Labute approximate surface area is 129 Å². The Morgan fingerprint density at radius 2 is 2.24 bits per heavy atom. The van der Waals surface area contributed by atoms with Gasteiger partial charge in [0.05, 0.1) is 0 Å². The van der Waals surface area contributed by atoms with Gasteiger partial charge >= 0.3 is 0 Å². The first-order valence-electron chi connectivity index (χ1n) is 7.77. The van der Waals surface area contributed by atoms with Crippen LogP contribution >= 0.6 is 0 Å². The zero-order chi connectivity index (χ0) is 15.2. The van der Waals surface area contributed by atoms with Crippen molar-refractivity contribution < 1.29 is 9.00 Å². The molecule has 3 atom stereocenters. The van der Waals surface area contributed by atoms with Crippen LogP contribution in [0.5, 0.6) is 0 Å². The maximum Gasteiger partial charge on any atom is 0.270 e. The number of carbonyl (C=O) groups excluding carboxylic acids is 1. The van der Waals surface area contributed by atoms with Gasteiger partial charge in [0.15, 0.2) is 0 Å². The summed E-state index contributed by atoms with van der Waals surface area (Å²) in [4.78, 5) is 16.6. The SMILES string of the molecule is CCc1cccnc1C(=O)NC1CCCC(S(=O)CC)C1. The number of hydrogen-bond acceptors (Lipinski definition) is 3. The average molecular weight is 308 g/mol. The Bertz CT molecular complexity index is 519. The molecule has 2 rings (SSSR count). The molecule has 116 valence electrons. The van der Waals surface area contributed by atoms with Gasteiger partial charge in [-0.3, -0.25) is 14.0 Å². The van der Waals surface area contributed by atoms with Crippen LogP contribution in [0.15, 0.2) is 18.3 Å². The summed E-state index contributed by atoms with van der Waals surface area (Å²) in [6.45, 7) is 3.98. The van der Waals surface area contributed by atoms with Crippen LogP contribution in [0.3, 0.4) is 0 Å². The summed E-state index contributed by atoms with van der Waals surface area (Å²) in [6, 6.07) is 3.92.